The first-order valence-electron chi connectivity index (χ1n) is 6.31. The molecule has 0 unspecified atom stereocenters. The predicted molar refractivity (Wildman–Crippen MR) is 87.4 cm³/mol. The second-order valence-corrected chi connectivity index (χ2v) is 5.25. The number of hydrogen-bond donors (Lipinski definition) is 2. The average Bonchev–Trinajstić information content (AvgIpc) is 2.83. The number of benzene rings is 1. The van der Waals surface area contributed by atoms with Gasteiger partial charge < -0.3 is 5.73 Å². The summed E-state index contributed by atoms with van der Waals surface area (Å²) >= 11 is 3.42. The third kappa shape index (κ3) is 5.82. The van der Waals surface area contributed by atoms with E-state index >= 15 is 0 Å². The molecule has 2 rings (SSSR count). The molecule has 21 heavy (non-hydrogen) atoms. The molecule has 0 saturated carbocycles. The molecule has 0 aliphatic rings. The molecule has 1 aromatic heterocycles. The van der Waals surface area contributed by atoms with Gasteiger partial charge >= 0.3 is 0 Å². The van der Waals surface area contributed by atoms with Gasteiger partial charge in [0, 0.05) is 10.9 Å². The summed E-state index contributed by atoms with van der Waals surface area (Å²) < 4.78 is 2.70. The van der Waals surface area contributed by atoms with Gasteiger partial charge in [0.2, 0.25) is 11.9 Å². The quantitative estimate of drug-likeness (QED) is 0.811. The second-order valence-electron chi connectivity index (χ2n) is 4.34. The Morgan fingerprint density at radius 3 is 2.95 bits per heavy atom. The first-order valence-corrected chi connectivity index (χ1v) is 7.10. The van der Waals surface area contributed by atoms with Crippen LogP contribution in [0.5, 0.6) is 0 Å². The van der Waals surface area contributed by atoms with Crippen LogP contribution in [0.4, 0.5) is 5.95 Å². The normalized spacial score (nSPS) is 10.0. The molecule has 8 heteroatoms. The van der Waals surface area contributed by atoms with Crippen LogP contribution in [0.1, 0.15) is 18.4 Å². The minimum absolute atomic E-state index is 0. The van der Waals surface area contributed by atoms with Gasteiger partial charge in [0.05, 0.1) is 6.54 Å². The van der Waals surface area contributed by atoms with Gasteiger partial charge in [-0.15, -0.1) is 17.5 Å². The summed E-state index contributed by atoms with van der Waals surface area (Å²) in [4.78, 5) is 15.6. The molecule has 0 bridgehead atoms. The molecule has 1 aromatic carbocycles. The van der Waals surface area contributed by atoms with Crippen LogP contribution in [0.3, 0.4) is 0 Å². The first-order chi connectivity index (χ1) is 9.67. The fraction of sp³-hybridized carbons (Fsp3) is 0.308. The Morgan fingerprint density at radius 1 is 1.43 bits per heavy atom. The number of nitrogens with zero attached hydrogens (tertiary/aromatic N) is 3. The SMILES string of the molecule is Cl.NCCCC(=O)Nc1ncn(Cc2cccc(Br)c2)n1. The number of halogens is 2. The van der Waals surface area contributed by atoms with Gasteiger partial charge in [-0.05, 0) is 30.7 Å². The Kier molecular flexibility index (Phi) is 7.35. The molecule has 3 N–H and O–H groups in total. The fourth-order valence-corrected chi connectivity index (χ4v) is 2.15. The lowest BCUT2D eigenvalue weighted by molar-refractivity contribution is -0.116. The maximum absolute atomic E-state index is 11.5. The van der Waals surface area contributed by atoms with Crippen molar-refractivity contribution in [3.8, 4) is 0 Å². The van der Waals surface area contributed by atoms with Crippen molar-refractivity contribution in [3.63, 3.8) is 0 Å². The zero-order valence-electron chi connectivity index (χ0n) is 11.3. The van der Waals surface area contributed by atoms with E-state index in [2.05, 4.69) is 31.3 Å². The molecule has 114 valence electrons. The third-order valence-electron chi connectivity index (χ3n) is 2.63. The molecule has 1 heterocycles. The van der Waals surface area contributed by atoms with Crippen LogP contribution in [0, 0.1) is 0 Å². The molecular formula is C13H17BrClN5O. The molecule has 0 spiro atoms. The lowest BCUT2D eigenvalue weighted by Crippen LogP contribution is -2.14. The first kappa shape index (κ1) is 17.6. The van der Waals surface area contributed by atoms with Gasteiger partial charge in [-0.25, -0.2) is 9.67 Å². The number of amides is 1. The molecule has 0 radical (unpaired) electrons. The fourth-order valence-electron chi connectivity index (χ4n) is 1.70. The number of carbonyl (C=O) groups is 1. The molecule has 6 nitrogen and oxygen atoms in total. The molecule has 1 amide bonds. The number of aromatic nitrogens is 3. The standard InChI is InChI=1S/C13H16BrN5O.ClH/c14-11-4-1-3-10(7-11)8-19-9-16-13(18-19)17-12(20)5-2-6-15;/h1,3-4,7,9H,2,5-6,8,15H2,(H,17,18,20);1H. The Labute approximate surface area is 137 Å². The number of nitrogens with two attached hydrogens (primary N) is 1. The molecule has 2 aromatic rings. The number of nitrogens with one attached hydrogen (secondary N) is 1. The van der Waals surface area contributed by atoms with Crippen LogP contribution in [0.25, 0.3) is 0 Å². The molecule has 0 atom stereocenters. The van der Waals surface area contributed by atoms with Gasteiger partial charge in [0.25, 0.3) is 0 Å². The maximum Gasteiger partial charge on any atom is 0.248 e. The topological polar surface area (TPSA) is 85.8 Å². The minimum atomic E-state index is -0.115. The Balaban J connectivity index is 0.00000220. The number of anilines is 1. The van der Waals surface area contributed by atoms with E-state index in [1.807, 2.05) is 24.3 Å². The van der Waals surface area contributed by atoms with Gasteiger partial charge in [-0.1, -0.05) is 28.1 Å². The molecular weight excluding hydrogens is 358 g/mol. The smallest absolute Gasteiger partial charge is 0.248 e. The minimum Gasteiger partial charge on any atom is -0.330 e. The van der Waals surface area contributed by atoms with Crippen molar-refractivity contribution in [2.24, 2.45) is 5.73 Å². The lowest BCUT2D eigenvalue weighted by Gasteiger charge is -2.02. The van der Waals surface area contributed by atoms with E-state index in [4.69, 9.17) is 5.73 Å². The average molecular weight is 375 g/mol. The lowest BCUT2D eigenvalue weighted by atomic mass is 10.2. The summed E-state index contributed by atoms with van der Waals surface area (Å²) in [6, 6.07) is 7.95. The number of hydrogen-bond acceptors (Lipinski definition) is 4. The molecule has 0 saturated heterocycles. The van der Waals surface area contributed by atoms with Crippen molar-refractivity contribution in [1.29, 1.82) is 0 Å². The summed E-state index contributed by atoms with van der Waals surface area (Å²) in [5.74, 6) is 0.206. The Bertz CT molecular complexity index is 589. The highest BCUT2D eigenvalue weighted by atomic mass is 79.9. The predicted octanol–water partition coefficient (Wildman–Crippen LogP) is 2.19. The van der Waals surface area contributed by atoms with E-state index in [9.17, 15) is 4.79 Å². The van der Waals surface area contributed by atoms with Crippen LogP contribution in [0.15, 0.2) is 35.1 Å². The number of carbonyl (C=O) groups excluding carboxylic acids is 1. The zero-order valence-corrected chi connectivity index (χ0v) is 13.7. The summed E-state index contributed by atoms with van der Waals surface area (Å²) in [6.45, 7) is 1.10. The van der Waals surface area contributed by atoms with Crippen LogP contribution in [0.2, 0.25) is 0 Å². The van der Waals surface area contributed by atoms with Crippen LogP contribution >= 0.6 is 28.3 Å². The van der Waals surface area contributed by atoms with E-state index in [0.717, 1.165) is 10.0 Å². The molecule has 0 aliphatic carbocycles. The van der Waals surface area contributed by atoms with Crippen molar-refractivity contribution in [2.45, 2.75) is 19.4 Å². The maximum atomic E-state index is 11.5. The molecule has 0 fully saturated rings. The highest BCUT2D eigenvalue weighted by Crippen LogP contribution is 2.12. The van der Waals surface area contributed by atoms with E-state index in [1.165, 1.54) is 0 Å². The van der Waals surface area contributed by atoms with E-state index in [0.29, 0.717) is 31.9 Å². The van der Waals surface area contributed by atoms with Crippen LogP contribution < -0.4 is 11.1 Å². The zero-order chi connectivity index (χ0) is 14.4. The van der Waals surface area contributed by atoms with Crippen molar-refractivity contribution in [1.82, 2.24) is 14.8 Å². The summed E-state index contributed by atoms with van der Waals surface area (Å²) in [5, 5.41) is 6.86. The number of rotatable bonds is 6. The largest absolute Gasteiger partial charge is 0.330 e. The van der Waals surface area contributed by atoms with E-state index < -0.39 is 0 Å². The van der Waals surface area contributed by atoms with Crippen molar-refractivity contribution >= 4 is 40.2 Å². The highest BCUT2D eigenvalue weighted by Gasteiger charge is 2.06. The summed E-state index contributed by atoms with van der Waals surface area (Å²) in [6.07, 6.45) is 2.64. The second kappa shape index (κ2) is 8.76. The van der Waals surface area contributed by atoms with Gasteiger partial charge in [-0.3, -0.25) is 10.1 Å². The van der Waals surface area contributed by atoms with Crippen molar-refractivity contribution in [2.75, 3.05) is 11.9 Å². The summed E-state index contributed by atoms with van der Waals surface area (Å²) in [5.41, 5.74) is 6.46. The summed E-state index contributed by atoms with van der Waals surface area (Å²) in [7, 11) is 0. The van der Waals surface area contributed by atoms with Gasteiger partial charge in [0.15, 0.2) is 0 Å². The highest BCUT2D eigenvalue weighted by molar-refractivity contribution is 9.10. The molecule has 0 aliphatic heterocycles. The van der Waals surface area contributed by atoms with E-state index in [1.54, 1.807) is 11.0 Å². The van der Waals surface area contributed by atoms with Gasteiger partial charge in [0.1, 0.15) is 6.33 Å². The monoisotopic (exact) mass is 373 g/mol. The van der Waals surface area contributed by atoms with E-state index in [-0.39, 0.29) is 18.3 Å². The third-order valence-corrected chi connectivity index (χ3v) is 3.12. The Hall–Kier alpha value is -1.44. The van der Waals surface area contributed by atoms with Crippen molar-refractivity contribution < 1.29 is 4.79 Å². The van der Waals surface area contributed by atoms with Crippen molar-refractivity contribution in [3.05, 3.63) is 40.6 Å². The van der Waals surface area contributed by atoms with Gasteiger partial charge in [-0.2, -0.15) is 0 Å². The Morgan fingerprint density at radius 2 is 2.24 bits per heavy atom. The van der Waals surface area contributed by atoms with Crippen LogP contribution in [-0.2, 0) is 11.3 Å². The van der Waals surface area contributed by atoms with Crippen LogP contribution in [-0.4, -0.2) is 27.2 Å².